The smallest absolute Gasteiger partial charge is 0.343 e. The van der Waals surface area contributed by atoms with Crippen LogP contribution in [0.15, 0.2) is 48.5 Å². The predicted octanol–water partition coefficient (Wildman–Crippen LogP) is 3.35. The van der Waals surface area contributed by atoms with Gasteiger partial charge in [0.25, 0.3) is 5.69 Å². The molecule has 4 atom stereocenters. The van der Waals surface area contributed by atoms with Crippen molar-refractivity contribution in [2.24, 2.45) is 23.7 Å². The summed E-state index contributed by atoms with van der Waals surface area (Å²) in [6.45, 7) is 0. The Labute approximate surface area is 171 Å². The molecule has 8 heteroatoms. The number of esters is 1. The number of hydrogen-bond donors (Lipinski definition) is 0. The number of rotatable bonds is 4. The van der Waals surface area contributed by atoms with Gasteiger partial charge < -0.3 is 4.74 Å². The molecule has 8 nitrogen and oxygen atoms in total. The molecule has 5 rings (SSSR count). The number of carbonyl (C=O) groups excluding carboxylic acids is 3. The van der Waals surface area contributed by atoms with Gasteiger partial charge in [-0.25, -0.2) is 4.79 Å². The average molecular weight is 406 g/mol. The van der Waals surface area contributed by atoms with Gasteiger partial charge in [-0.2, -0.15) is 0 Å². The standard InChI is InChI=1S/C22H18N2O6/c25-20-18-12-4-5-13(10-12)19(18)21(26)23(20)16-3-1-2-14(11-16)22(27)30-17-8-6-15(7-9-17)24(28)29/h1-3,6-9,11-13,18-19H,4-5,10H2/t12-,13-,18+,19+/m0/s1. The summed E-state index contributed by atoms with van der Waals surface area (Å²) >= 11 is 0. The van der Waals surface area contributed by atoms with E-state index in [0.717, 1.165) is 19.3 Å². The van der Waals surface area contributed by atoms with Crippen molar-refractivity contribution in [3.8, 4) is 5.75 Å². The molecule has 2 saturated carbocycles. The molecule has 1 heterocycles. The van der Waals surface area contributed by atoms with E-state index in [1.54, 1.807) is 12.1 Å². The number of nitrogens with zero attached hydrogens (tertiary/aromatic N) is 2. The van der Waals surface area contributed by atoms with Crippen LogP contribution in [0.5, 0.6) is 5.75 Å². The van der Waals surface area contributed by atoms with Crippen molar-refractivity contribution in [1.82, 2.24) is 0 Å². The molecule has 0 aromatic heterocycles. The molecule has 0 radical (unpaired) electrons. The number of carbonyl (C=O) groups is 3. The normalized spacial score (nSPS) is 26.7. The zero-order valence-electron chi connectivity index (χ0n) is 15.9. The summed E-state index contributed by atoms with van der Waals surface area (Å²) in [5, 5.41) is 10.7. The van der Waals surface area contributed by atoms with Crippen molar-refractivity contribution >= 4 is 29.2 Å². The summed E-state index contributed by atoms with van der Waals surface area (Å²) in [5.74, 6) is -0.732. The largest absolute Gasteiger partial charge is 0.423 e. The lowest BCUT2D eigenvalue weighted by atomic mass is 9.81. The summed E-state index contributed by atoms with van der Waals surface area (Å²) in [5.41, 5.74) is 0.450. The molecule has 0 spiro atoms. The number of hydrogen-bond acceptors (Lipinski definition) is 6. The minimum absolute atomic E-state index is 0.109. The van der Waals surface area contributed by atoms with Crippen molar-refractivity contribution in [1.29, 1.82) is 0 Å². The molecule has 0 N–H and O–H groups in total. The first-order chi connectivity index (χ1) is 14.4. The van der Waals surface area contributed by atoms with E-state index in [2.05, 4.69) is 0 Å². The summed E-state index contributed by atoms with van der Waals surface area (Å²) in [6.07, 6.45) is 2.96. The Balaban J connectivity index is 1.37. The first-order valence-corrected chi connectivity index (χ1v) is 9.88. The number of amides is 2. The zero-order valence-corrected chi connectivity index (χ0v) is 15.9. The van der Waals surface area contributed by atoms with E-state index in [4.69, 9.17) is 4.74 Å². The molecule has 2 aromatic carbocycles. The van der Waals surface area contributed by atoms with E-state index in [9.17, 15) is 24.5 Å². The molecule has 1 aliphatic heterocycles. The van der Waals surface area contributed by atoms with Crippen molar-refractivity contribution in [3.05, 3.63) is 64.2 Å². The minimum Gasteiger partial charge on any atom is -0.423 e. The van der Waals surface area contributed by atoms with Crippen LogP contribution in [0.2, 0.25) is 0 Å². The summed E-state index contributed by atoms with van der Waals surface area (Å²) in [6, 6.07) is 11.4. The Bertz CT molecular complexity index is 1050. The lowest BCUT2D eigenvalue weighted by Gasteiger charge is -2.19. The Kier molecular flexibility index (Phi) is 4.16. The molecule has 152 valence electrons. The van der Waals surface area contributed by atoms with E-state index >= 15 is 0 Å². The Morgan fingerprint density at radius 2 is 1.63 bits per heavy atom. The fraction of sp³-hybridized carbons (Fsp3) is 0.318. The number of non-ortho nitro benzene ring substituents is 1. The van der Waals surface area contributed by atoms with Crippen LogP contribution < -0.4 is 9.64 Å². The van der Waals surface area contributed by atoms with Crippen molar-refractivity contribution < 1.29 is 24.0 Å². The van der Waals surface area contributed by atoms with E-state index in [0.29, 0.717) is 5.69 Å². The molecule has 2 aliphatic carbocycles. The zero-order chi connectivity index (χ0) is 21.0. The van der Waals surface area contributed by atoms with Gasteiger partial charge in [-0.3, -0.25) is 24.6 Å². The number of benzene rings is 2. The van der Waals surface area contributed by atoms with Gasteiger partial charge in [0.2, 0.25) is 11.8 Å². The van der Waals surface area contributed by atoms with Crippen molar-refractivity contribution in [2.45, 2.75) is 19.3 Å². The van der Waals surface area contributed by atoms with Crippen LogP contribution in [0, 0.1) is 33.8 Å². The van der Waals surface area contributed by atoms with E-state index in [1.165, 1.54) is 41.3 Å². The SMILES string of the molecule is O=C(Oc1ccc([N+](=O)[O-])cc1)c1cccc(N2C(=O)[C@@H]3[C@H]4CC[C@@H](C4)[C@H]3C2=O)c1. The van der Waals surface area contributed by atoms with E-state index in [1.807, 2.05) is 0 Å². The van der Waals surface area contributed by atoms with Gasteiger partial charge in [-0.15, -0.1) is 0 Å². The average Bonchev–Trinajstić information content (AvgIpc) is 3.42. The molecule has 3 fully saturated rings. The second kappa shape index (κ2) is 6.76. The lowest BCUT2D eigenvalue weighted by molar-refractivity contribution is -0.384. The highest BCUT2D eigenvalue weighted by Crippen LogP contribution is 2.56. The Hall–Kier alpha value is -3.55. The van der Waals surface area contributed by atoms with Gasteiger partial charge in [-0.05, 0) is 61.4 Å². The monoisotopic (exact) mass is 406 g/mol. The lowest BCUT2D eigenvalue weighted by Crippen LogP contribution is -2.32. The maximum absolute atomic E-state index is 13.0. The van der Waals surface area contributed by atoms with Crippen molar-refractivity contribution in [3.63, 3.8) is 0 Å². The van der Waals surface area contributed by atoms with Gasteiger partial charge in [0, 0.05) is 12.1 Å². The number of nitro benzene ring substituents is 1. The van der Waals surface area contributed by atoms with Crippen LogP contribution in [0.1, 0.15) is 29.6 Å². The molecule has 0 unspecified atom stereocenters. The number of ether oxygens (including phenoxy) is 1. The number of imide groups is 1. The third kappa shape index (κ3) is 2.79. The van der Waals surface area contributed by atoms with Gasteiger partial charge in [0.05, 0.1) is 28.0 Å². The number of fused-ring (bicyclic) bond motifs is 5. The Morgan fingerprint density at radius 1 is 1.00 bits per heavy atom. The molecule has 1 saturated heterocycles. The summed E-state index contributed by atoms with van der Waals surface area (Å²) in [4.78, 5) is 49.9. The Morgan fingerprint density at radius 3 is 2.23 bits per heavy atom. The van der Waals surface area contributed by atoms with Crippen LogP contribution >= 0.6 is 0 Å². The van der Waals surface area contributed by atoms with E-state index in [-0.39, 0.29) is 52.5 Å². The third-order valence-electron chi connectivity index (χ3n) is 6.53. The maximum Gasteiger partial charge on any atom is 0.343 e. The van der Waals surface area contributed by atoms with Gasteiger partial charge in [0.1, 0.15) is 5.75 Å². The molecular formula is C22H18N2O6. The molecular weight excluding hydrogens is 388 g/mol. The molecule has 2 bridgehead atoms. The maximum atomic E-state index is 13.0. The fourth-order valence-corrected chi connectivity index (χ4v) is 5.24. The number of anilines is 1. The van der Waals surface area contributed by atoms with Gasteiger partial charge in [0.15, 0.2) is 0 Å². The minimum atomic E-state index is -0.676. The van der Waals surface area contributed by atoms with Crippen molar-refractivity contribution in [2.75, 3.05) is 4.90 Å². The highest BCUT2D eigenvalue weighted by atomic mass is 16.6. The first-order valence-electron chi connectivity index (χ1n) is 9.88. The van der Waals surface area contributed by atoms with Crippen LogP contribution in [0.25, 0.3) is 0 Å². The fourth-order valence-electron chi connectivity index (χ4n) is 5.24. The van der Waals surface area contributed by atoms with Gasteiger partial charge in [-0.1, -0.05) is 6.07 Å². The second-order valence-corrected chi connectivity index (χ2v) is 8.09. The van der Waals surface area contributed by atoms with Gasteiger partial charge >= 0.3 is 5.97 Å². The predicted molar refractivity (Wildman–Crippen MR) is 105 cm³/mol. The highest BCUT2D eigenvalue weighted by molar-refractivity contribution is 6.22. The highest BCUT2D eigenvalue weighted by Gasteiger charge is 2.61. The van der Waals surface area contributed by atoms with Crippen LogP contribution in [-0.4, -0.2) is 22.7 Å². The summed E-state index contributed by atoms with van der Waals surface area (Å²) < 4.78 is 5.28. The van der Waals surface area contributed by atoms with E-state index < -0.39 is 10.9 Å². The first kappa shape index (κ1) is 18.5. The molecule has 30 heavy (non-hydrogen) atoms. The summed E-state index contributed by atoms with van der Waals surface area (Å²) in [7, 11) is 0. The molecule has 3 aliphatic rings. The quantitative estimate of drug-likeness (QED) is 0.253. The van der Waals surface area contributed by atoms with Crippen LogP contribution in [0.3, 0.4) is 0 Å². The topological polar surface area (TPSA) is 107 Å². The third-order valence-corrected chi connectivity index (χ3v) is 6.53. The van der Waals surface area contributed by atoms with Crippen LogP contribution in [-0.2, 0) is 9.59 Å². The molecule has 2 aromatic rings. The van der Waals surface area contributed by atoms with Crippen LogP contribution in [0.4, 0.5) is 11.4 Å². The number of nitro groups is 1. The second-order valence-electron chi connectivity index (χ2n) is 8.09. The molecule has 2 amide bonds.